The first-order valence-corrected chi connectivity index (χ1v) is 12.0. The van der Waals surface area contributed by atoms with Crippen LogP contribution in [0.4, 0.5) is 13.2 Å². The molecule has 0 bridgehead atoms. The van der Waals surface area contributed by atoms with Gasteiger partial charge in [0.25, 0.3) is 0 Å². The van der Waals surface area contributed by atoms with Crippen LogP contribution < -0.4 is 0 Å². The zero-order chi connectivity index (χ0) is 23.0. The molecule has 0 aromatic carbocycles. The van der Waals surface area contributed by atoms with Crippen molar-refractivity contribution in [1.29, 1.82) is 0 Å². The number of hydrogen-bond donors (Lipinski definition) is 0. The normalized spacial score (nSPS) is 17.4. The lowest BCUT2D eigenvalue weighted by atomic mass is 9.72. The van der Waals surface area contributed by atoms with Gasteiger partial charge in [0.15, 0.2) is 17.2 Å². The minimum absolute atomic E-state index is 0.0438. The smallest absolute Gasteiger partial charge is 0.260 e. The Kier molecular flexibility index (Phi) is 4.94. The molecule has 6 nitrogen and oxygen atoms in total. The van der Waals surface area contributed by atoms with Gasteiger partial charge in [0.1, 0.15) is 17.7 Å². The topological polar surface area (TPSA) is 60.9 Å². The summed E-state index contributed by atoms with van der Waals surface area (Å²) in [6, 6.07) is 0. The van der Waals surface area contributed by atoms with Crippen molar-refractivity contribution in [1.82, 2.24) is 29.4 Å². The molecule has 1 atom stereocenters. The van der Waals surface area contributed by atoms with E-state index in [2.05, 4.69) is 56.9 Å². The maximum Gasteiger partial charge on any atom is 0.436 e. The van der Waals surface area contributed by atoms with Gasteiger partial charge in [-0.2, -0.15) is 18.3 Å². The number of nitrogens with zero attached hydrogens (tertiary/aromatic N) is 6. The molecule has 0 saturated carbocycles. The highest BCUT2D eigenvalue weighted by Gasteiger charge is 2.38. The van der Waals surface area contributed by atoms with Gasteiger partial charge in [-0.25, -0.2) is 14.5 Å². The Morgan fingerprint density at radius 1 is 1.22 bits per heavy atom. The monoisotopic (exact) mass is 526 g/mol. The van der Waals surface area contributed by atoms with Crippen molar-refractivity contribution in [2.45, 2.75) is 59.7 Å². The molecule has 0 aliphatic heterocycles. The molecule has 0 radical (unpaired) electrons. The van der Waals surface area contributed by atoms with Gasteiger partial charge in [0.2, 0.25) is 0 Å². The number of aromatic nitrogens is 6. The highest BCUT2D eigenvalue weighted by molar-refractivity contribution is 9.10. The zero-order valence-corrected chi connectivity index (χ0v) is 20.5. The Hall–Kier alpha value is -2.01. The average Bonchev–Trinajstić information content (AvgIpc) is 3.35. The third-order valence-corrected chi connectivity index (χ3v) is 8.46. The predicted molar refractivity (Wildman–Crippen MR) is 120 cm³/mol. The van der Waals surface area contributed by atoms with E-state index in [1.165, 1.54) is 15.1 Å². The maximum atomic E-state index is 13.2. The Morgan fingerprint density at radius 2 is 1.97 bits per heavy atom. The summed E-state index contributed by atoms with van der Waals surface area (Å²) in [6.45, 7) is 8.50. The molecule has 4 heterocycles. The molecule has 11 heteroatoms. The molecule has 4 aromatic heterocycles. The van der Waals surface area contributed by atoms with Crippen molar-refractivity contribution in [2.24, 2.45) is 11.3 Å². The Balaban J connectivity index is 1.54. The summed E-state index contributed by atoms with van der Waals surface area (Å²) in [5.74, 6) is 1.02. The van der Waals surface area contributed by atoms with E-state index in [4.69, 9.17) is 0 Å². The highest BCUT2D eigenvalue weighted by atomic mass is 79.9. The van der Waals surface area contributed by atoms with Gasteiger partial charge in [-0.1, -0.05) is 20.8 Å². The first-order chi connectivity index (χ1) is 14.9. The van der Waals surface area contributed by atoms with Gasteiger partial charge in [0.05, 0.1) is 15.6 Å². The van der Waals surface area contributed by atoms with Gasteiger partial charge in [0, 0.05) is 4.88 Å². The number of alkyl halides is 3. The highest BCUT2D eigenvalue weighted by Crippen LogP contribution is 2.43. The second-order valence-corrected chi connectivity index (χ2v) is 11.3. The fourth-order valence-electron chi connectivity index (χ4n) is 4.42. The molecule has 0 N–H and O–H groups in total. The predicted octanol–water partition coefficient (Wildman–Crippen LogP) is 5.82. The van der Waals surface area contributed by atoms with Crippen LogP contribution in [-0.2, 0) is 25.6 Å². The molecule has 0 fully saturated rings. The van der Waals surface area contributed by atoms with E-state index in [1.54, 1.807) is 29.1 Å². The molecular weight excluding hydrogens is 505 g/mol. The minimum atomic E-state index is -4.53. The van der Waals surface area contributed by atoms with Crippen molar-refractivity contribution < 1.29 is 13.2 Å². The third kappa shape index (κ3) is 3.53. The number of fused-ring (bicyclic) bond motifs is 5. The van der Waals surface area contributed by atoms with Crippen molar-refractivity contribution in [3.05, 3.63) is 38.5 Å². The molecule has 0 saturated heterocycles. The zero-order valence-electron chi connectivity index (χ0n) is 18.1. The third-order valence-electron chi connectivity index (χ3n) is 6.35. The van der Waals surface area contributed by atoms with Gasteiger partial charge in [-0.05, 0) is 59.0 Å². The van der Waals surface area contributed by atoms with Gasteiger partial charge >= 0.3 is 6.18 Å². The number of aryl methyl sites for hydroxylation is 1. The van der Waals surface area contributed by atoms with E-state index < -0.39 is 11.9 Å². The lowest BCUT2D eigenvalue weighted by Crippen LogP contribution is -2.26. The quantitative estimate of drug-likeness (QED) is 0.330. The lowest BCUT2D eigenvalue weighted by Gasteiger charge is -2.33. The Labute approximate surface area is 195 Å². The van der Waals surface area contributed by atoms with Crippen LogP contribution in [0.5, 0.6) is 0 Å². The number of thiophene rings is 1. The summed E-state index contributed by atoms with van der Waals surface area (Å²) in [5, 5.41) is 9.24. The van der Waals surface area contributed by atoms with Crippen LogP contribution in [0.25, 0.3) is 15.9 Å². The van der Waals surface area contributed by atoms with Crippen LogP contribution in [0.1, 0.15) is 54.8 Å². The van der Waals surface area contributed by atoms with E-state index in [1.807, 2.05) is 0 Å². The summed E-state index contributed by atoms with van der Waals surface area (Å²) in [6.07, 6.45) is 0.224. The Bertz CT molecular complexity index is 1340. The molecule has 5 rings (SSSR count). The first kappa shape index (κ1) is 21.8. The summed E-state index contributed by atoms with van der Waals surface area (Å²) in [7, 11) is 0. The fourth-order valence-corrected chi connectivity index (χ4v) is 6.19. The number of halogens is 4. The number of rotatable bonds is 2. The standard InChI is InChI=1S/C21H22BrF3N6S/c1-10-16(22)17(21(23,24)25)29-30(10)8-14-27-18-15-12-6-5-11(20(2,3)4)7-13(12)32-19(15)26-9-31(18)28-14/h9,11H,5-8H2,1-4H3. The van der Waals surface area contributed by atoms with Crippen LogP contribution in [0, 0.1) is 18.3 Å². The van der Waals surface area contributed by atoms with E-state index in [-0.39, 0.29) is 16.4 Å². The SMILES string of the molecule is Cc1c(Br)c(C(F)(F)F)nn1Cc1nc2c3c4c(sc3ncn2n1)CC(C(C)(C)C)CC4. The second kappa shape index (κ2) is 7.24. The molecule has 1 aliphatic carbocycles. The van der Waals surface area contributed by atoms with Gasteiger partial charge < -0.3 is 0 Å². The summed E-state index contributed by atoms with van der Waals surface area (Å²) in [5.41, 5.74) is 1.68. The minimum Gasteiger partial charge on any atom is -0.260 e. The summed E-state index contributed by atoms with van der Waals surface area (Å²) >= 11 is 4.73. The van der Waals surface area contributed by atoms with E-state index in [0.29, 0.717) is 23.1 Å². The van der Waals surface area contributed by atoms with Crippen LogP contribution in [0.2, 0.25) is 0 Å². The molecule has 4 aromatic rings. The molecular formula is C21H22BrF3N6S. The molecule has 170 valence electrons. The van der Waals surface area contributed by atoms with Crippen molar-refractivity contribution in [3.8, 4) is 0 Å². The summed E-state index contributed by atoms with van der Waals surface area (Å²) in [4.78, 5) is 11.6. The molecule has 32 heavy (non-hydrogen) atoms. The lowest BCUT2D eigenvalue weighted by molar-refractivity contribution is -0.142. The maximum absolute atomic E-state index is 13.2. The molecule has 1 aliphatic rings. The largest absolute Gasteiger partial charge is 0.436 e. The Morgan fingerprint density at radius 3 is 2.62 bits per heavy atom. The van der Waals surface area contributed by atoms with Crippen LogP contribution in [0.15, 0.2) is 10.8 Å². The molecule has 0 spiro atoms. The van der Waals surface area contributed by atoms with Gasteiger partial charge in [-0.3, -0.25) is 4.68 Å². The summed E-state index contributed by atoms with van der Waals surface area (Å²) < 4.78 is 42.4. The molecule has 0 amide bonds. The van der Waals surface area contributed by atoms with Crippen molar-refractivity contribution in [3.63, 3.8) is 0 Å². The van der Waals surface area contributed by atoms with Gasteiger partial charge in [-0.15, -0.1) is 16.4 Å². The molecule has 1 unspecified atom stereocenters. The average molecular weight is 527 g/mol. The van der Waals surface area contributed by atoms with Crippen molar-refractivity contribution >= 4 is 43.1 Å². The van der Waals surface area contributed by atoms with Crippen LogP contribution >= 0.6 is 27.3 Å². The van der Waals surface area contributed by atoms with Crippen molar-refractivity contribution in [2.75, 3.05) is 0 Å². The first-order valence-electron chi connectivity index (χ1n) is 10.4. The number of hydrogen-bond acceptors (Lipinski definition) is 5. The van der Waals surface area contributed by atoms with E-state index >= 15 is 0 Å². The van der Waals surface area contributed by atoms with E-state index in [0.717, 1.165) is 29.5 Å². The second-order valence-electron chi connectivity index (χ2n) is 9.43. The van der Waals surface area contributed by atoms with Crippen LogP contribution in [-0.4, -0.2) is 29.4 Å². The van der Waals surface area contributed by atoms with E-state index in [9.17, 15) is 13.2 Å². The fraction of sp³-hybridized carbons (Fsp3) is 0.524. The van der Waals surface area contributed by atoms with Crippen LogP contribution in [0.3, 0.4) is 0 Å².